The number of hydrogen-bond acceptors (Lipinski definition) is 5. The SMILES string of the molecule is Cc1ccsc1CN(C)C(=O)c1cccc(OCc2c(C)noc2C)c1. The molecule has 0 saturated carbocycles. The highest BCUT2D eigenvalue weighted by atomic mass is 32.1. The van der Waals surface area contributed by atoms with Gasteiger partial charge in [0.2, 0.25) is 0 Å². The maximum atomic E-state index is 12.7. The first-order valence-electron chi connectivity index (χ1n) is 8.38. The number of carbonyl (C=O) groups excluding carboxylic acids is 1. The van der Waals surface area contributed by atoms with Crippen molar-refractivity contribution in [2.45, 2.75) is 33.9 Å². The number of hydrogen-bond donors (Lipinski definition) is 0. The lowest BCUT2D eigenvalue weighted by Gasteiger charge is -2.17. The Morgan fingerprint density at radius 1 is 1.27 bits per heavy atom. The van der Waals surface area contributed by atoms with E-state index in [-0.39, 0.29) is 5.91 Å². The number of aromatic nitrogens is 1. The monoisotopic (exact) mass is 370 g/mol. The summed E-state index contributed by atoms with van der Waals surface area (Å²) in [6.07, 6.45) is 0. The molecular formula is C20H22N2O3S. The Kier molecular flexibility index (Phi) is 5.42. The second-order valence-corrected chi connectivity index (χ2v) is 7.31. The molecule has 0 aliphatic heterocycles. The third-order valence-corrected chi connectivity index (χ3v) is 5.35. The second kappa shape index (κ2) is 7.74. The minimum absolute atomic E-state index is 0.0272. The van der Waals surface area contributed by atoms with Crippen LogP contribution in [0.15, 0.2) is 40.2 Å². The zero-order chi connectivity index (χ0) is 18.7. The summed E-state index contributed by atoms with van der Waals surface area (Å²) in [5, 5.41) is 5.97. The van der Waals surface area contributed by atoms with E-state index < -0.39 is 0 Å². The normalized spacial score (nSPS) is 10.8. The van der Waals surface area contributed by atoms with Crippen molar-refractivity contribution in [3.63, 3.8) is 0 Å². The van der Waals surface area contributed by atoms with Crippen LogP contribution in [-0.2, 0) is 13.2 Å². The third kappa shape index (κ3) is 3.96. The maximum absolute atomic E-state index is 12.7. The number of ether oxygens (including phenoxy) is 1. The largest absolute Gasteiger partial charge is 0.489 e. The van der Waals surface area contributed by atoms with E-state index in [1.807, 2.05) is 44.5 Å². The van der Waals surface area contributed by atoms with Gasteiger partial charge in [0.1, 0.15) is 18.1 Å². The molecule has 26 heavy (non-hydrogen) atoms. The summed E-state index contributed by atoms with van der Waals surface area (Å²) < 4.78 is 11.0. The summed E-state index contributed by atoms with van der Waals surface area (Å²) in [4.78, 5) is 15.7. The number of thiophene rings is 1. The summed E-state index contributed by atoms with van der Waals surface area (Å²) in [6.45, 7) is 6.78. The van der Waals surface area contributed by atoms with Crippen LogP contribution in [0.25, 0.3) is 0 Å². The number of nitrogens with zero attached hydrogens (tertiary/aromatic N) is 2. The highest BCUT2D eigenvalue weighted by Gasteiger charge is 2.15. The quantitative estimate of drug-likeness (QED) is 0.640. The van der Waals surface area contributed by atoms with Crippen LogP contribution < -0.4 is 4.74 Å². The van der Waals surface area contributed by atoms with Crippen LogP contribution in [0.2, 0.25) is 0 Å². The van der Waals surface area contributed by atoms with Gasteiger partial charge in [0.25, 0.3) is 5.91 Å². The second-order valence-electron chi connectivity index (χ2n) is 6.31. The highest BCUT2D eigenvalue weighted by Crippen LogP contribution is 2.21. The van der Waals surface area contributed by atoms with Gasteiger partial charge in [0.15, 0.2) is 0 Å². The van der Waals surface area contributed by atoms with Crippen LogP contribution in [0.5, 0.6) is 5.75 Å². The summed E-state index contributed by atoms with van der Waals surface area (Å²) in [7, 11) is 1.82. The smallest absolute Gasteiger partial charge is 0.254 e. The van der Waals surface area contributed by atoms with Crippen molar-refractivity contribution in [3.8, 4) is 5.75 Å². The van der Waals surface area contributed by atoms with Crippen molar-refractivity contribution in [2.24, 2.45) is 0 Å². The Bertz CT molecular complexity index is 894. The van der Waals surface area contributed by atoms with Crippen molar-refractivity contribution in [1.82, 2.24) is 10.1 Å². The molecule has 0 aliphatic carbocycles. The van der Waals surface area contributed by atoms with Gasteiger partial charge < -0.3 is 14.2 Å². The van der Waals surface area contributed by atoms with Crippen LogP contribution in [0.3, 0.4) is 0 Å². The van der Waals surface area contributed by atoms with Crippen LogP contribution >= 0.6 is 11.3 Å². The Labute approximate surface area is 157 Å². The van der Waals surface area contributed by atoms with Crippen molar-refractivity contribution in [3.05, 3.63) is 68.7 Å². The molecule has 0 spiro atoms. The molecule has 0 aliphatic rings. The van der Waals surface area contributed by atoms with E-state index in [2.05, 4.69) is 18.1 Å². The van der Waals surface area contributed by atoms with Crippen molar-refractivity contribution in [1.29, 1.82) is 0 Å². The lowest BCUT2D eigenvalue weighted by atomic mass is 10.2. The van der Waals surface area contributed by atoms with Crippen LogP contribution in [0, 0.1) is 20.8 Å². The fourth-order valence-electron chi connectivity index (χ4n) is 2.66. The number of benzene rings is 1. The predicted molar refractivity (Wildman–Crippen MR) is 102 cm³/mol. The zero-order valence-electron chi connectivity index (χ0n) is 15.4. The molecule has 2 heterocycles. The van der Waals surface area contributed by atoms with E-state index in [0.29, 0.717) is 24.5 Å². The molecule has 0 atom stereocenters. The summed E-state index contributed by atoms with van der Waals surface area (Å²) >= 11 is 1.67. The molecule has 0 radical (unpaired) electrons. The molecule has 0 N–H and O–H groups in total. The number of rotatable bonds is 6. The minimum Gasteiger partial charge on any atom is -0.489 e. The maximum Gasteiger partial charge on any atom is 0.254 e. The van der Waals surface area contributed by atoms with Crippen LogP contribution in [-0.4, -0.2) is 23.0 Å². The summed E-state index contributed by atoms with van der Waals surface area (Å²) in [5.41, 5.74) is 3.58. The fraction of sp³-hybridized carbons (Fsp3) is 0.300. The lowest BCUT2D eigenvalue weighted by Crippen LogP contribution is -2.26. The molecule has 3 rings (SSSR count). The van der Waals surface area contributed by atoms with E-state index in [1.165, 1.54) is 10.4 Å². The van der Waals surface area contributed by atoms with Crippen molar-refractivity contribution < 1.29 is 14.1 Å². The molecule has 1 aromatic carbocycles. The highest BCUT2D eigenvalue weighted by molar-refractivity contribution is 7.10. The van der Waals surface area contributed by atoms with Gasteiger partial charge in [-0.15, -0.1) is 11.3 Å². The molecule has 0 unspecified atom stereocenters. The van der Waals surface area contributed by atoms with Crippen molar-refractivity contribution in [2.75, 3.05) is 7.05 Å². The number of amides is 1. The third-order valence-electron chi connectivity index (χ3n) is 4.34. The molecule has 0 fully saturated rings. The molecule has 0 bridgehead atoms. The first kappa shape index (κ1) is 18.2. The van der Waals surface area contributed by atoms with Gasteiger partial charge in [-0.2, -0.15) is 0 Å². The van der Waals surface area contributed by atoms with E-state index in [0.717, 1.165) is 17.0 Å². The molecule has 136 valence electrons. The standard InChI is InChI=1S/C20H22N2O3S/c1-13-8-9-26-19(13)11-22(4)20(23)16-6-5-7-17(10-16)24-12-18-14(2)21-25-15(18)3/h5-10H,11-12H2,1-4H3. The van der Waals surface area contributed by atoms with E-state index in [9.17, 15) is 4.79 Å². The van der Waals surface area contributed by atoms with E-state index >= 15 is 0 Å². The predicted octanol–water partition coefficient (Wildman–Crippen LogP) is 4.51. The van der Waals surface area contributed by atoms with Gasteiger partial charge in [-0.25, -0.2) is 0 Å². The van der Waals surface area contributed by atoms with E-state index in [1.54, 1.807) is 22.3 Å². The Morgan fingerprint density at radius 2 is 2.08 bits per heavy atom. The topological polar surface area (TPSA) is 55.6 Å². The van der Waals surface area contributed by atoms with Gasteiger partial charge in [-0.3, -0.25) is 4.79 Å². The first-order valence-corrected chi connectivity index (χ1v) is 9.26. The van der Waals surface area contributed by atoms with Gasteiger partial charge in [-0.05, 0) is 56.0 Å². The van der Waals surface area contributed by atoms with Crippen molar-refractivity contribution >= 4 is 17.2 Å². The molecular weight excluding hydrogens is 348 g/mol. The van der Waals surface area contributed by atoms with E-state index in [4.69, 9.17) is 9.26 Å². The average Bonchev–Trinajstić information content (AvgIpc) is 3.18. The zero-order valence-corrected chi connectivity index (χ0v) is 16.2. The fourth-order valence-corrected chi connectivity index (χ4v) is 3.61. The molecule has 6 heteroatoms. The van der Waals surface area contributed by atoms with Gasteiger partial charge >= 0.3 is 0 Å². The summed E-state index contributed by atoms with van der Waals surface area (Å²) in [5.74, 6) is 1.37. The van der Waals surface area contributed by atoms with Gasteiger partial charge in [0.05, 0.1) is 17.8 Å². The molecule has 0 saturated heterocycles. The Hall–Kier alpha value is -2.60. The summed E-state index contributed by atoms with van der Waals surface area (Å²) in [6, 6.07) is 9.33. The molecule has 3 aromatic rings. The molecule has 2 aromatic heterocycles. The average molecular weight is 370 g/mol. The van der Waals surface area contributed by atoms with Gasteiger partial charge in [0, 0.05) is 17.5 Å². The minimum atomic E-state index is -0.0272. The Morgan fingerprint density at radius 3 is 2.73 bits per heavy atom. The van der Waals surface area contributed by atoms with Gasteiger partial charge in [-0.1, -0.05) is 11.2 Å². The first-order chi connectivity index (χ1) is 12.5. The van der Waals surface area contributed by atoms with Crippen LogP contribution in [0.1, 0.15) is 37.8 Å². The lowest BCUT2D eigenvalue weighted by molar-refractivity contribution is 0.0786. The number of carbonyl (C=O) groups is 1. The Balaban J connectivity index is 1.68. The number of aryl methyl sites for hydroxylation is 3. The molecule has 5 nitrogen and oxygen atoms in total. The van der Waals surface area contributed by atoms with Crippen LogP contribution in [0.4, 0.5) is 0 Å². The molecule has 1 amide bonds.